The molecule has 0 saturated heterocycles. The zero-order valence-corrected chi connectivity index (χ0v) is 11.7. The van der Waals surface area contributed by atoms with E-state index in [1.165, 1.54) is 56.4 Å². The molecule has 0 fully saturated rings. The second-order valence-electron chi connectivity index (χ2n) is 4.83. The summed E-state index contributed by atoms with van der Waals surface area (Å²) in [6.07, 6.45) is 6.52. The summed E-state index contributed by atoms with van der Waals surface area (Å²) < 4.78 is 0. The van der Waals surface area contributed by atoms with Crippen LogP contribution in [0.15, 0.2) is 24.3 Å². The molecule has 0 atom stereocenters. The molecular formula is C16H27N. The van der Waals surface area contributed by atoms with E-state index in [1.54, 1.807) is 0 Å². The predicted molar refractivity (Wildman–Crippen MR) is 77.8 cm³/mol. The minimum atomic E-state index is 1.20. The largest absolute Gasteiger partial charge is 0.371 e. The Morgan fingerprint density at radius 1 is 0.882 bits per heavy atom. The van der Waals surface area contributed by atoms with E-state index >= 15 is 0 Å². The highest BCUT2D eigenvalue weighted by Crippen LogP contribution is 2.20. The van der Waals surface area contributed by atoms with Gasteiger partial charge in [-0.05, 0) is 31.4 Å². The van der Waals surface area contributed by atoms with Gasteiger partial charge >= 0.3 is 0 Å². The molecular weight excluding hydrogens is 206 g/mol. The van der Waals surface area contributed by atoms with Crippen molar-refractivity contribution in [2.45, 2.75) is 52.9 Å². The predicted octanol–water partition coefficient (Wildman–Crippen LogP) is 4.79. The van der Waals surface area contributed by atoms with Gasteiger partial charge in [-0.15, -0.1) is 0 Å². The van der Waals surface area contributed by atoms with Crippen molar-refractivity contribution in [3.8, 4) is 0 Å². The van der Waals surface area contributed by atoms with E-state index in [-0.39, 0.29) is 0 Å². The van der Waals surface area contributed by atoms with Gasteiger partial charge in [0.1, 0.15) is 0 Å². The lowest BCUT2D eigenvalue weighted by molar-refractivity contribution is 0.652. The van der Waals surface area contributed by atoms with Gasteiger partial charge in [0.2, 0.25) is 0 Å². The maximum absolute atomic E-state index is 2.56. The van der Waals surface area contributed by atoms with Crippen molar-refractivity contribution >= 4 is 5.69 Å². The van der Waals surface area contributed by atoms with E-state index in [4.69, 9.17) is 0 Å². The smallest absolute Gasteiger partial charge is 0.0395 e. The second-order valence-corrected chi connectivity index (χ2v) is 4.83. The molecule has 0 amide bonds. The van der Waals surface area contributed by atoms with Crippen molar-refractivity contribution in [2.75, 3.05) is 18.0 Å². The van der Waals surface area contributed by atoms with E-state index in [0.717, 1.165) is 0 Å². The van der Waals surface area contributed by atoms with Gasteiger partial charge in [-0.1, -0.05) is 51.3 Å². The highest BCUT2D eigenvalue weighted by atomic mass is 15.1. The zero-order chi connectivity index (χ0) is 12.5. The van der Waals surface area contributed by atoms with Crippen LogP contribution in [-0.4, -0.2) is 13.1 Å². The highest BCUT2D eigenvalue weighted by molar-refractivity contribution is 5.52. The molecule has 0 N–H and O–H groups in total. The third-order valence-electron chi connectivity index (χ3n) is 3.27. The summed E-state index contributed by atoms with van der Waals surface area (Å²) in [6.45, 7) is 9.16. The lowest BCUT2D eigenvalue weighted by Gasteiger charge is -2.26. The van der Waals surface area contributed by atoms with Crippen LogP contribution in [0.25, 0.3) is 0 Å². The number of hydrogen-bond acceptors (Lipinski definition) is 1. The fraction of sp³-hybridized carbons (Fsp3) is 0.625. The summed E-state index contributed by atoms with van der Waals surface area (Å²) in [5.74, 6) is 0. The van der Waals surface area contributed by atoms with Crippen LogP contribution in [0.2, 0.25) is 0 Å². The number of unbranched alkanes of at least 4 members (excludes halogenated alkanes) is 3. The van der Waals surface area contributed by atoms with E-state index in [0.29, 0.717) is 0 Å². The van der Waals surface area contributed by atoms with Gasteiger partial charge in [0.15, 0.2) is 0 Å². The van der Waals surface area contributed by atoms with Crippen LogP contribution >= 0.6 is 0 Å². The maximum atomic E-state index is 2.56. The molecule has 0 aromatic heterocycles. The summed E-state index contributed by atoms with van der Waals surface area (Å²) in [6, 6.07) is 8.76. The van der Waals surface area contributed by atoms with Crippen LogP contribution < -0.4 is 4.90 Å². The Labute approximate surface area is 107 Å². The number of hydrogen-bond donors (Lipinski definition) is 0. The van der Waals surface area contributed by atoms with Crippen molar-refractivity contribution in [3.63, 3.8) is 0 Å². The number of nitrogens with zero attached hydrogens (tertiary/aromatic N) is 1. The average molecular weight is 233 g/mol. The first-order chi connectivity index (χ1) is 8.29. The first-order valence-electron chi connectivity index (χ1n) is 7.10. The Balaban J connectivity index is 2.64. The first-order valence-corrected chi connectivity index (χ1v) is 7.10. The quantitative estimate of drug-likeness (QED) is 0.583. The number of aryl methyl sites for hydroxylation is 1. The molecule has 0 saturated carbocycles. The van der Waals surface area contributed by atoms with Crippen LogP contribution in [0.4, 0.5) is 5.69 Å². The maximum Gasteiger partial charge on any atom is 0.0395 e. The number of para-hydroxylation sites is 1. The van der Waals surface area contributed by atoms with Crippen LogP contribution in [0, 0.1) is 6.92 Å². The van der Waals surface area contributed by atoms with Crippen LogP contribution in [0.3, 0.4) is 0 Å². The standard InChI is InChI=1S/C16H27N/c1-4-6-10-14-17(13-7-5-2)16-12-9-8-11-15(16)3/h8-9,11-12H,4-7,10,13-14H2,1-3H3. The van der Waals surface area contributed by atoms with Gasteiger partial charge in [-0.2, -0.15) is 0 Å². The monoisotopic (exact) mass is 233 g/mol. The van der Waals surface area contributed by atoms with E-state index in [9.17, 15) is 0 Å². The Hall–Kier alpha value is -0.980. The molecule has 1 aromatic rings. The molecule has 1 nitrogen and oxygen atoms in total. The Morgan fingerprint density at radius 2 is 1.53 bits per heavy atom. The van der Waals surface area contributed by atoms with Crippen LogP contribution in [-0.2, 0) is 0 Å². The van der Waals surface area contributed by atoms with Crippen LogP contribution in [0.1, 0.15) is 51.5 Å². The number of benzene rings is 1. The summed E-state index contributed by atoms with van der Waals surface area (Å²) in [7, 11) is 0. The fourth-order valence-electron chi connectivity index (χ4n) is 2.17. The Kier molecular flexibility index (Phi) is 6.76. The van der Waals surface area contributed by atoms with Gasteiger partial charge in [-0.3, -0.25) is 0 Å². The topological polar surface area (TPSA) is 3.24 Å². The van der Waals surface area contributed by atoms with Crippen molar-refractivity contribution in [1.82, 2.24) is 0 Å². The molecule has 0 spiro atoms. The highest BCUT2D eigenvalue weighted by Gasteiger charge is 2.07. The van der Waals surface area contributed by atoms with Gasteiger partial charge in [-0.25, -0.2) is 0 Å². The Bertz CT molecular complexity index is 306. The molecule has 0 bridgehead atoms. The molecule has 1 aromatic carbocycles. The molecule has 17 heavy (non-hydrogen) atoms. The van der Waals surface area contributed by atoms with Crippen molar-refractivity contribution in [1.29, 1.82) is 0 Å². The van der Waals surface area contributed by atoms with E-state index in [1.807, 2.05) is 0 Å². The van der Waals surface area contributed by atoms with Gasteiger partial charge in [0.25, 0.3) is 0 Å². The summed E-state index contributed by atoms with van der Waals surface area (Å²) in [5.41, 5.74) is 2.83. The number of anilines is 1. The molecule has 0 radical (unpaired) electrons. The zero-order valence-electron chi connectivity index (χ0n) is 11.7. The van der Waals surface area contributed by atoms with E-state index < -0.39 is 0 Å². The first kappa shape index (κ1) is 14.1. The SMILES string of the molecule is CCCCCN(CCCC)c1ccccc1C. The average Bonchev–Trinajstić information content (AvgIpc) is 2.35. The summed E-state index contributed by atoms with van der Waals surface area (Å²) in [5, 5.41) is 0. The van der Waals surface area contributed by atoms with Crippen LogP contribution in [0.5, 0.6) is 0 Å². The lowest BCUT2D eigenvalue weighted by atomic mass is 10.1. The summed E-state index contributed by atoms with van der Waals surface area (Å²) >= 11 is 0. The minimum Gasteiger partial charge on any atom is -0.371 e. The van der Waals surface area contributed by atoms with Crippen molar-refractivity contribution in [2.24, 2.45) is 0 Å². The number of rotatable bonds is 8. The fourth-order valence-corrected chi connectivity index (χ4v) is 2.17. The molecule has 0 aliphatic carbocycles. The van der Waals surface area contributed by atoms with Crippen molar-refractivity contribution < 1.29 is 0 Å². The molecule has 0 unspecified atom stereocenters. The minimum absolute atomic E-state index is 1.20. The third kappa shape index (κ3) is 4.80. The lowest BCUT2D eigenvalue weighted by Crippen LogP contribution is -2.26. The summed E-state index contributed by atoms with van der Waals surface area (Å²) in [4.78, 5) is 2.56. The molecule has 1 heteroatoms. The van der Waals surface area contributed by atoms with Gasteiger partial charge < -0.3 is 4.90 Å². The van der Waals surface area contributed by atoms with Crippen molar-refractivity contribution in [3.05, 3.63) is 29.8 Å². The van der Waals surface area contributed by atoms with Gasteiger partial charge in [0, 0.05) is 18.8 Å². The molecule has 0 aliphatic heterocycles. The Morgan fingerprint density at radius 3 is 2.18 bits per heavy atom. The second kappa shape index (κ2) is 8.16. The van der Waals surface area contributed by atoms with Gasteiger partial charge in [0.05, 0.1) is 0 Å². The molecule has 96 valence electrons. The van der Waals surface area contributed by atoms with E-state index in [2.05, 4.69) is 49.9 Å². The third-order valence-corrected chi connectivity index (χ3v) is 3.27. The molecule has 0 heterocycles. The normalized spacial score (nSPS) is 10.5. The molecule has 0 aliphatic rings. The molecule has 1 rings (SSSR count).